The summed E-state index contributed by atoms with van der Waals surface area (Å²) in [6.45, 7) is 4.18. The van der Waals surface area contributed by atoms with Gasteiger partial charge in [0.15, 0.2) is 5.13 Å². The third-order valence-electron chi connectivity index (χ3n) is 3.33. The fraction of sp³-hybridized carbons (Fsp3) is 0.286. The first-order chi connectivity index (χ1) is 10.9. The molecule has 1 aromatic carbocycles. The van der Waals surface area contributed by atoms with E-state index in [1.807, 2.05) is 13.0 Å². The summed E-state index contributed by atoms with van der Waals surface area (Å²) in [6.07, 6.45) is 1.52. The maximum Gasteiger partial charge on any atom is 0.267 e. The summed E-state index contributed by atoms with van der Waals surface area (Å²) >= 11 is 1.26. The lowest BCUT2D eigenvalue weighted by atomic mass is 10.3. The van der Waals surface area contributed by atoms with Crippen LogP contribution in [-0.2, 0) is 16.6 Å². The molecule has 0 aliphatic heterocycles. The molecule has 3 aromatic rings. The molecule has 0 atom stereocenters. The van der Waals surface area contributed by atoms with Crippen molar-refractivity contribution < 1.29 is 13.2 Å². The summed E-state index contributed by atoms with van der Waals surface area (Å²) in [5.74, 6) is 0.704. The van der Waals surface area contributed by atoms with E-state index in [2.05, 4.69) is 14.8 Å². The number of thiazole rings is 1. The van der Waals surface area contributed by atoms with Crippen molar-refractivity contribution >= 4 is 36.7 Å². The van der Waals surface area contributed by atoms with E-state index < -0.39 is 10.0 Å². The van der Waals surface area contributed by atoms with Crippen LogP contribution < -0.4 is 9.46 Å². The number of hydrogen-bond acceptors (Lipinski definition) is 6. The Balaban J connectivity index is 1.95. The second-order valence-corrected chi connectivity index (χ2v) is 7.57. The molecule has 0 unspecified atom stereocenters. The van der Waals surface area contributed by atoms with Crippen LogP contribution in [-0.4, -0.2) is 30.3 Å². The molecule has 0 aliphatic rings. The van der Waals surface area contributed by atoms with Crippen LogP contribution in [0.3, 0.4) is 0 Å². The minimum atomic E-state index is -3.71. The number of rotatable bonds is 5. The zero-order valence-corrected chi connectivity index (χ0v) is 14.5. The lowest BCUT2D eigenvalue weighted by molar-refractivity contribution is 0.415. The average Bonchev–Trinajstić information content (AvgIpc) is 3.08. The Labute approximate surface area is 138 Å². The summed E-state index contributed by atoms with van der Waals surface area (Å²) in [6, 6.07) is 5.41. The highest BCUT2D eigenvalue weighted by Crippen LogP contribution is 2.30. The van der Waals surface area contributed by atoms with Crippen LogP contribution in [0, 0.1) is 6.92 Å². The molecule has 0 spiro atoms. The molecule has 1 N–H and O–H groups in total. The lowest BCUT2D eigenvalue weighted by Crippen LogP contribution is -2.13. The SMILES string of the molecule is CCn1cc(S(=O)(=O)Nc2nc3ccc(OC)cc3s2)c(C)n1. The predicted octanol–water partition coefficient (Wildman–Crippen LogP) is 2.63. The van der Waals surface area contributed by atoms with Crippen molar-refractivity contribution in [1.29, 1.82) is 0 Å². The maximum atomic E-state index is 12.5. The van der Waals surface area contributed by atoms with E-state index in [1.165, 1.54) is 17.5 Å². The van der Waals surface area contributed by atoms with E-state index in [9.17, 15) is 8.42 Å². The van der Waals surface area contributed by atoms with Gasteiger partial charge in [0.25, 0.3) is 10.0 Å². The molecule has 2 heterocycles. The first-order valence-corrected chi connectivity index (χ1v) is 9.24. The molecule has 0 bridgehead atoms. The zero-order chi connectivity index (χ0) is 16.6. The third kappa shape index (κ3) is 3.02. The van der Waals surface area contributed by atoms with Crippen molar-refractivity contribution in [3.8, 4) is 5.75 Å². The second kappa shape index (κ2) is 5.82. The first kappa shape index (κ1) is 15.8. The smallest absolute Gasteiger partial charge is 0.267 e. The number of ether oxygens (including phenoxy) is 1. The molecule has 0 radical (unpaired) electrons. The molecule has 9 heteroatoms. The molecule has 0 fully saturated rings. The van der Waals surface area contributed by atoms with Gasteiger partial charge in [0.2, 0.25) is 0 Å². The minimum Gasteiger partial charge on any atom is -0.497 e. The number of methoxy groups -OCH3 is 1. The number of aromatic nitrogens is 3. The van der Waals surface area contributed by atoms with Crippen LogP contribution in [0.4, 0.5) is 5.13 Å². The zero-order valence-electron chi connectivity index (χ0n) is 12.9. The molecule has 23 heavy (non-hydrogen) atoms. The fourth-order valence-corrected chi connectivity index (χ4v) is 4.49. The van der Waals surface area contributed by atoms with Crippen molar-refractivity contribution in [3.63, 3.8) is 0 Å². The van der Waals surface area contributed by atoms with Gasteiger partial charge in [0.1, 0.15) is 10.6 Å². The third-order valence-corrected chi connectivity index (χ3v) is 5.84. The van der Waals surface area contributed by atoms with E-state index in [-0.39, 0.29) is 4.90 Å². The van der Waals surface area contributed by atoms with Gasteiger partial charge in [0, 0.05) is 12.7 Å². The molecule has 2 aromatic heterocycles. The Kier molecular flexibility index (Phi) is 3.99. The van der Waals surface area contributed by atoms with Crippen LogP contribution in [0.1, 0.15) is 12.6 Å². The van der Waals surface area contributed by atoms with Crippen molar-refractivity contribution in [2.45, 2.75) is 25.3 Å². The maximum absolute atomic E-state index is 12.5. The Morgan fingerprint density at radius 1 is 1.39 bits per heavy atom. The summed E-state index contributed by atoms with van der Waals surface area (Å²) in [4.78, 5) is 4.46. The Morgan fingerprint density at radius 2 is 2.17 bits per heavy atom. The highest BCUT2D eigenvalue weighted by atomic mass is 32.2. The van der Waals surface area contributed by atoms with Crippen LogP contribution in [0.5, 0.6) is 5.75 Å². The van der Waals surface area contributed by atoms with Crippen molar-refractivity contribution in [2.24, 2.45) is 0 Å². The van der Waals surface area contributed by atoms with Crippen LogP contribution in [0.2, 0.25) is 0 Å². The van der Waals surface area contributed by atoms with Gasteiger partial charge in [-0.3, -0.25) is 9.40 Å². The van der Waals surface area contributed by atoms with Crippen molar-refractivity contribution in [2.75, 3.05) is 11.8 Å². The van der Waals surface area contributed by atoms with Gasteiger partial charge in [0.05, 0.1) is 23.0 Å². The standard InChI is InChI=1S/C14H16N4O3S2/c1-4-18-8-13(9(2)16-18)23(19,20)17-14-15-11-6-5-10(21-3)7-12(11)22-14/h5-8H,4H2,1-3H3,(H,15,17). The van der Waals surface area contributed by atoms with Crippen LogP contribution in [0.15, 0.2) is 29.3 Å². The van der Waals surface area contributed by atoms with E-state index in [4.69, 9.17) is 4.74 Å². The average molecular weight is 352 g/mol. The van der Waals surface area contributed by atoms with Gasteiger partial charge in [-0.2, -0.15) is 5.10 Å². The number of benzene rings is 1. The Morgan fingerprint density at radius 3 is 2.83 bits per heavy atom. The fourth-order valence-electron chi connectivity index (χ4n) is 2.17. The number of nitrogens with one attached hydrogen (secondary N) is 1. The van der Waals surface area contributed by atoms with Crippen LogP contribution >= 0.6 is 11.3 Å². The molecule has 0 aliphatic carbocycles. The monoisotopic (exact) mass is 352 g/mol. The molecule has 3 rings (SSSR count). The molecule has 0 saturated carbocycles. The summed E-state index contributed by atoms with van der Waals surface area (Å²) in [7, 11) is -2.13. The van der Waals surface area contributed by atoms with E-state index >= 15 is 0 Å². The number of fused-ring (bicyclic) bond motifs is 1. The summed E-state index contributed by atoms with van der Waals surface area (Å²) < 4.78 is 35.2. The van der Waals surface area contributed by atoms with Crippen LogP contribution in [0.25, 0.3) is 10.2 Å². The Hall–Kier alpha value is -2.13. The summed E-state index contributed by atoms with van der Waals surface area (Å²) in [5.41, 5.74) is 1.18. The molecular weight excluding hydrogens is 336 g/mol. The van der Waals surface area contributed by atoms with Gasteiger partial charge in [-0.1, -0.05) is 11.3 Å². The van der Waals surface area contributed by atoms with Gasteiger partial charge in [-0.25, -0.2) is 13.4 Å². The van der Waals surface area contributed by atoms with E-state index in [0.717, 1.165) is 10.2 Å². The van der Waals surface area contributed by atoms with E-state index in [0.29, 0.717) is 23.1 Å². The Bertz CT molecular complexity index is 960. The van der Waals surface area contributed by atoms with Crippen molar-refractivity contribution in [1.82, 2.24) is 14.8 Å². The highest BCUT2D eigenvalue weighted by molar-refractivity contribution is 7.93. The van der Waals surface area contributed by atoms with Gasteiger partial charge in [-0.15, -0.1) is 0 Å². The van der Waals surface area contributed by atoms with Gasteiger partial charge < -0.3 is 4.74 Å². The normalized spacial score (nSPS) is 11.8. The quantitative estimate of drug-likeness (QED) is 0.763. The number of sulfonamides is 1. The number of hydrogen-bond donors (Lipinski definition) is 1. The molecular formula is C14H16N4O3S2. The van der Waals surface area contributed by atoms with Gasteiger partial charge in [-0.05, 0) is 32.0 Å². The summed E-state index contributed by atoms with van der Waals surface area (Å²) in [5, 5.41) is 4.48. The molecule has 122 valence electrons. The lowest BCUT2D eigenvalue weighted by Gasteiger charge is -2.02. The minimum absolute atomic E-state index is 0.163. The number of nitrogens with zero attached hydrogens (tertiary/aromatic N) is 3. The number of aryl methyl sites for hydroxylation is 2. The van der Waals surface area contributed by atoms with Crippen molar-refractivity contribution in [3.05, 3.63) is 30.1 Å². The highest BCUT2D eigenvalue weighted by Gasteiger charge is 2.22. The molecule has 0 amide bonds. The topological polar surface area (TPSA) is 86.1 Å². The first-order valence-electron chi connectivity index (χ1n) is 6.94. The predicted molar refractivity (Wildman–Crippen MR) is 89.6 cm³/mol. The largest absolute Gasteiger partial charge is 0.497 e. The number of anilines is 1. The van der Waals surface area contributed by atoms with Gasteiger partial charge >= 0.3 is 0 Å². The second-order valence-electron chi connectivity index (χ2n) is 4.89. The molecule has 7 nitrogen and oxygen atoms in total. The molecule has 0 saturated heterocycles. The van der Waals surface area contributed by atoms with E-state index in [1.54, 1.807) is 30.8 Å².